The third kappa shape index (κ3) is 6.02. The van der Waals surface area contributed by atoms with Crippen LogP contribution in [0.5, 0.6) is 0 Å². The Morgan fingerprint density at radius 1 is 1.00 bits per heavy atom. The molecule has 0 aliphatic carbocycles. The van der Waals surface area contributed by atoms with E-state index in [9.17, 15) is 16.8 Å². The topological polar surface area (TPSA) is 83.5 Å². The lowest BCUT2D eigenvalue weighted by Gasteiger charge is -2.30. The minimum Gasteiger partial charge on any atom is -0.370 e. The van der Waals surface area contributed by atoms with Gasteiger partial charge in [0.2, 0.25) is 10.0 Å². The van der Waals surface area contributed by atoms with Crippen molar-refractivity contribution >= 4 is 31.2 Å². The first-order valence-electron chi connectivity index (χ1n) is 7.79. The van der Waals surface area contributed by atoms with Crippen LogP contribution < -0.4 is 9.62 Å². The number of piperidine rings is 1. The summed E-state index contributed by atoms with van der Waals surface area (Å²) in [7, 11) is -6.70. The highest BCUT2D eigenvalue weighted by Gasteiger charge is 2.18. The van der Waals surface area contributed by atoms with Crippen LogP contribution >= 0.6 is 0 Å². The maximum absolute atomic E-state index is 12.2. The van der Waals surface area contributed by atoms with Crippen LogP contribution in [0.15, 0.2) is 24.3 Å². The van der Waals surface area contributed by atoms with Crippen molar-refractivity contribution in [3.05, 3.63) is 24.3 Å². The fourth-order valence-corrected chi connectivity index (χ4v) is 4.69. The van der Waals surface area contributed by atoms with Gasteiger partial charge in [0.1, 0.15) is 9.84 Å². The van der Waals surface area contributed by atoms with E-state index in [2.05, 4.69) is 9.62 Å². The Morgan fingerprint density at radius 3 is 2.30 bits per heavy atom. The first-order chi connectivity index (χ1) is 10.8. The molecule has 1 aliphatic rings. The summed E-state index contributed by atoms with van der Waals surface area (Å²) in [6.45, 7) is 1.85. The van der Waals surface area contributed by atoms with Crippen LogP contribution in [-0.2, 0) is 19.9 Å². The maximum Gasteiger partial charge on any atom is 0.232 e. The molecule has 0 unspecified atom stereocenters. The smallest absolute Gasteiger partial charge is 0.232 e. The molecular weight excluding hydrogens is 336 g/mol. The Hall–Kier alpha value is -1.28. The molecule has 6 nitrogen and oxygen atoms in total. The van der Waals surface area contributed by atoms with Crippen molar-refractivity contribution in [2.24, 2.45) is 0 Å². The van der Waals surface area contributed by atoms with Gasteiger partial charge in [-0.25, -0.2) is 16.8 Å². The molecular formula is C15H24N2O4S2. The molecule has 1 aromatic rings. The molecule has 0 radical (unpaired) electrons. The average molecular weight is 361 g/mol. The van der Waals surface area contributed by atoms with Gasteiger partial charge in [0.25, 0.3) is 0 Å². The molecule has 1 saturated heterocycles. The molecule has 1 fully saturated rings. The number of sulfonamides is 1. The van der Waals surface area contributed by atoms with Gasteiger partial charge in [0.15, 0.2) is 0 Å². The fourth-order valence-electron chi connectivity index (χ4n) is 2.70. The second-order valence-electron chi connectivity index (χ2n) is 5.97. The SMILES string of the molecule is CS(=O)(=O)CCCS(=O)(=O)Nc1ccccc1N1CCCCC1. The van der Waals surface area contributed by atoms with E-state index in [0.717, 1.165) is 37.9 Å². The second-order valence-corrected chi connectivity index (χ2v) is 10.1. The summed E-state index contributed by atoms with van der Waals surface area (Å²) in [5.41, 5.74) is 1.45. The zero-order valence-electron chi connectivity index (χ0n) is 13.4. The molecule has 2 rings (SSSR count). The minimum atomic E-state index is -3.56. The van der Waals surface area contributed by atoms with Gasteiger partial charge in [0.05, 0.1) is 22.9 Å². The highest BCUT2D eigenvalue weighted by atomic mass is 32.2. The van der Waals surface area contributed by atoms with Crippen LogP contribution in [0.4, 0.5) is 11.4 Å². The predicted molar refractivity (Wildman–Crippen MR) is 94.2 cm³/mol. The molecule has 1 N–H and O–H groups in total. The Bertz CT molecular complexity index is 724. The number of nitrogens with zero attached hydrogens (tertiary/aromatic N) is 1. The lowest BCUT2D eigenvalue weighted by Crippen LogP contribution is -2.30. The van der Waals surface area contributed by atoms with Crippen LogP contribution in [0.1, 0.15) is 25.7 Å². The molecule has 23 heavy (non-hydrogen) atoms. The van der Waals surface area contributed by atoms with Crippen molar-refractivity contribution in [2.75, 3.05) is 40.5 Å². The number of sulfone groups is 1. The fraction of sp³-hybridized carbons (Fsp3) is 0.600. The Kier molecular flexibility index (Phi) is 5.91. The summed E-state index contributed by atoms with van der Waals surface area (Å²) in [5.74, 6) is -0.323. The lowest BCUT2D eigenvalue weighted by molar-refractivity contribution is 0.578. The summed E-state index contributed by atoms with van der Waals surface area (Å²) < 4.78 is 49.2. The normalized spacial score (nSPS) is 16.3. The third-order valence-corrected chi connectivity index (χ3v) is 6.18. The number of nitrogens with one attached hydrogen (secondary N) is 1. The van der Waals surface area contributed by atoms with Gasteiger partial charge < -0.3 is 4.90 Å². The summed E-state index contributed by atoms with van der Waals surface area (Å²) >= 11 is 0. The molecule has 0 atom stereocenters. The van der Waals surface area contributed by atoms with Gasteiger partial charge in [-0.1, -0.05) is 12.1 Å². The first-order valence-corrected chi connectivity index (χ1v) is 11.5. The summed E-state index contributed by atoms with van der Waals surface area (Å²) in [5, 5.41) is 0. The summed E-state index contributed by atoms with van der Waals surface area (Å²) in [4.78, 5) is 2.19. The molecule has 130 valence electrons. The van der Waals surface area contributed by atoms with E-state index < -0.39 is 19.9 Å². The highest BCUT2D eigenvalue weighted by Crippen LogP contribution is 2.29. The Balaban J connectivity index is 2.06. The molecule has 1 heterocycles. The van der Waals surface area contributed by atoms with Crippen molar-refractivity contribution in [2.45, 2.75) is 25.7 Å². The minimum absolute atomic E-state index is 0.0973. The van der Waals surface area contributed by atoms with Gasteiger partial charge in [0, 0.05) is 19.3 Å². The average Bonchev–Trinajstić information content (AvgIpc) is 2.46. The van der Waals surface area contributed by atoms with E-state index in [4.69, 9.17) is 0 Å². The Morgan fingerprint density at radius 2 is 1.65 bits per heavy atom. The van der Waals surface area contributed by atoms with Crippen LogP contribution in [0.25, 0.3) is 0 Å². The van der Waals surface area contributed by atoms with Crippen molar-refractivity contribution in [3.8, 4) is 0 Å². The van der Waals surface area contributed by atoms with Gasteiger partial charge in [-0.15, -0.1) is 0 Å². The van der Waals surface area contributed by atoms with E-state index in [0.29, 0.717) is 5.69 Å². The van der Waals surface area contributed by atoms with Gasteiger partial charge in [-0.2, -0.15) is 0 Å². The van der Waals surface area contributed by atoms with Gasteiger partial charge >= 0.3 is 0 Å². The number of anilines is 2. The van der Waals surface area contributed by atoms with Crippen LogP contribution in [0, 0.1) is 0 Å². The van der Waals surface area contributed by atoms with E-state index in [1.165, 1.54) is 6.42 Å². The first kappa shape index (κ1) is 18.1. The van der Waals surface area contributed by atoms with Crippen LogP contribution in [0.3, 0.4) is 0 Å². The van der Waals surface area contributed by atoms with Crippen molar-refractivity contribution < 1.29 is 16.8 Å². The molecule has 1 aromatic carbocycles. The van der Waals surface area contributed by atoms with Crippen molar-refractivity contribution in [1.82, 2.24) is 0 Å². The number of benzene rings is 1. The van der Waals surface area contributed by atoms with E-state index in [1.807, 2.05) is 12.1 Å². The number of rotatable bonds is 7. The van der Waals surface area contributed by atoms with Gasteiger partial charge in [-0.05, 0) is 37.8 Å². The van der Waals surface area contributed by atoms with Crippen molar-refractivity contribution in [1.29, 1.82) is 0 Å². The second kappa shape index (κ2) is 7.53. The largest absolute Gasteiger partial charge is 0.370 e. The molecule has 0 amide bonds. The van der Waals surface area contributed by atoms with Crippen LogP contribution in [0.2, 0.25) is 0 Å². The molecule has 1 aliphatic heterocycles. The summed E-state index contributed by atoms with van der Waals surface area (Å²) in [6.07, 6.45) is 4.62. The molecule has 0 bridgehead atoms. The predicted octanol–water partition coefficient (Wildman–Crippen LogP) is 1.85. The molecule has 0 aromatic heterocycles. The number of hydrogen-bond acceptors (Lipinski definition) is 5. The third-order valence-electron chi connectivity index (χ3n) is 3.79. The zero-order chi connectivity index (χ0) is 16.9. The zero-order valence-corrected chi connectivity index (χ0v) is 15.0. The van der Waals surface area contributed by atoms with Crippen LogP contribution in [-0.4, -0.2) is 47.7 Å². The number of hydrogen-bond donors (Lipinski definition) is 1. The van der Waals surface area contributed by atoms with E-state index >= 15 is 0 Å². The van der Waals surface area contributed by atoms with E-state index in [-0.39, 0.29) is 17.9 Å². The summed E-state index contributed by atoms with van der Waals surface area (Å²) in [6, 6.07) is 7.35. The quantitative estimate of drug-likeness (QED) is 0.802. The molecule has 0 saturated carbocycles. The Labute approximate surface area is 138 Å². The molecule has 8 heteroatoms. The molecule has 0 spiro atoms. The maximum atomic E-state index is 12.2. The lowest BCUT2D eigenvalue weighted by atomic mass is 10.1. The van der Waals surface area contributed by atoms with E-state index in [1.54, 1.807) is 12.1 Å². The van der Waals surface area contributed by atoms with Crippen molar-refractivity contribution in [3.63, 3.8) is 0 Å². The standard InChI is InChI=1S/C15H24N2O4S2/c1-22(18,19)12-7-13-23(20,21)16-14-8-3-4-9-15(14)17-10-5-2-6-11-17/h3-4,8-9,16H,2,5-7,10-13H2,1H3. The highest BCUT2D eigenvalue weighted by molar-refractivity contribution is 7.93. The number of para-hydroxylation sites is 2. The van der Waals surface area contributed by atoms with Gasteiger partial charge in [-0.3, -0.25) is 4.72 Å². The monoisotopic (exact) mass is 360 g/mol.